The summed E-state index contributed by atoms with van der Waals surface area (Å²) in [5, 5.41) is 11.5. The van der Waals surface area contributed by atoms with Gasteiger partial charge in [0.05, 0.1) is 11.6 Å². The van der Waals surface area contributed by atoms with E-state index in [1.54, 1.807) is 12.1 Å². The lowest BCUT2D eigenvalue weighted by atomic mass is 9.87. The van der Waals surface area contributed by atoms with Crippen molar-refractivity contribution in [1.82, 2.24) is 0 Å². The standard InChI is InChI=1S/C13H18N2O3/c1-13(2,3)10(14)11(16)15-9-6-4-5-8(7-9)12(17)18/h4-7,10H,14H2,1-3H3,(H,15,16)(H,17,18)/t10-/m0/s1. The minimum Gasteiger partial charge on any atom is -0.478 e. The van der Waals surface area contributed by atoms with Gasteiger partial charge < -0.3 is 16.2 Å². The maximum Gasteiger partial charge on any atom is 0.335 e. The van der Waals surface area contributed by atoms with Crippen molar-refractivity contribution in [3.05, 3.63) is 29.8 Å². The molecule has 0 radical (unpaired) electrons. The number of hydrogen-bond donors (Lipinski definition) is 3. The number of aromatic carboxylic acids is 1. The number of benzene rings is 1. The van der Waals surface area contributed by atoms with Crippen LogP contribution in [0, 0.1) is 5.41 Å². The molecule has 0 aliphatic carbocycles. The fourth-order valence-corrected chi connectivity index (χ4v) is 1.34. The van der Waals surface area contributed by atoms with Crippen molar-refractivity contribution in [2.24, 2.45) is 11.1 Å². The maximum absolute atomic E-state index is 11.9. The average molecular weight is 250 g/mol. The Bertz CT molecular complexity index is 464. The van der Waals surface area contributed by atoms with Crippen molar-refractivity contribution in [2.45, 2.75) is 26.8 Å². The second-order valence-corrected chi connectivity index (χ2v) is 5.22. The van der Waals surface area contributed by atoms with E-state index in [4.69, 9.17) is 10.8 Å². The van der Waals surface area contributed by atoms with Crippen LogP contribution in [0.3, 0.4) is 0 Å². The fraction of sp³-hybridized carbons (Fsp3) is 0.385. The summed E-state index contributed by atoms with van der Waals surface area (Å²) in [6.07, 6.45) is 0. The second kappa shape index (κ2) is 5.18. The molecular formula is C13H18N2O3. The predicted octanol–water partition coefficient (Wildman–Crippen LogP) is 1.70. The molecule has 18 heavy (non-hydrogen) atoms. The molecule has 0 aromatic heterocycles. The minimum absolute atomic E-state index is 0.122. The zero-order valence-corrected chi connectivity index (χ0v) is 10.7. The Morgan fingerprint density at radius 1 is 1.33 bits per heavy atom. The van der Waals surface area contributed by atoms with E-state index in [1.165, 1.54) is 12.1 Å². The van der Waals surface area contributed by atoms with E-state index in [2.05, 4.69) is 5.32 Å². The number of amides is 1. The topological polar surface area (TPSA) is 92.4 Å². The molecule has 98 valence electrons. The van der Waals surface area contributed by atoms with Crippen LogP contribution >= 0.6 is 0 Å². The molecule has 1 aromatic carbocycles. The highest BCUT2D eigenvalue weighted by atomic mass is 16.4. The number of carbonyl (C=O) groups excluding carboxylic acids is 1. The zero-order chi connectivity index (χ0) is 13.9. The van der Waals surface area contributed by atoms with Crippen LogP contribution in [0.5, 0.6) is 0 Å². The van der Waals surface area contributed by atoms with Crippen LogP contribution in [0.25, 0.3) is 0 Å². The van der Waals surface area contributed by atoms with E-state index in [9.17, 15) is 9.59 Å². The van der Waals surface area contributed by atoms with Gasteiger partial charge in [0.15, 0.2) is 0 Å². The first-order valence-electron chi connectivity index (χ1n) is 5.61. The number of carbonyl (C=O) groups is 2. The number of nitrogens with two attached hydrogens (primary N) is 1. The van der Waals surface area contributed by atoms with Gasteiger partial charge in [0.1, 0.15) is 0 Å². The maximum atomic E-state index is 11.9. The molecule has 0 saturated carbocycles. The van der Waals surface area contributed by atoms with Gasteiger partial charge >= 0.3 is 5.97 Å². The van der Waals surface area contributed by atoms with Gasteiger partial charge in [-0.05, 0) is 23.6 Å². The Morgan fingerprint density at radius 2 is 1.94 bits per heavy atom. The van der Waals surface area contributed by atoms with Crippen LogP contribution in [0.2, 0.25) is 0 Å². The highest BCUT2D eigenvalue weighted by Gasteiger charge is 2.27. The molecule has 1 rings (SSSR count). The fourth-order valence-electron chi connectivity index (χ4n) is 1.34. The Morgan fingerprint density at radius 3 is 2.44 bits per heavy atom. The van der Waals surface area contributed by atoms with Crippen molar-refractivity contribution in [3.63, 3.8) is 0 Å². The molecule has 0 fully saturated rings. The lowest BCUT2D eigenvalue weighted by molar-refractivity contribution is -0.119. The minimum atomic E-state index is -1.04. The molecule has 4 N–H and O–H groups in total. The van der Waals surface area contributed by atoms with Crippen LogP contribution < -0.4 is 11.1 Å². The third-order valence-electron chi connectivity index (χ3n) is 2.59. The van der Waals surface area contributed by atoms with Gasteiger partial charge in [0, 0.05) is 5.69 Å². The molecule has 1 atom stereocenters. The molecule has 0 saturated heterocycles. The van der Waals surface area contributed by atoms with Crippen LogP contribution in [0.15, 0.2) is 24.3 Å². The summed E-state index contributed by atoms with van der Waals surface area (Å²) in [6, 6.07) is 5.39. The third kappa shape index (κ3) is 3.56. The molecule has 1 amide bonds. The first kappa shape index (κ1) is 14.2. The lowest BCUT2D eigenvalue weighted by Crippen LogP contribution is -2.45. The molecule has 0 spiro atoms. The predicted molar refractivity (Wildman–Crippen MR) is 69.5 cm³/mol. The first-order chi connectivity index (χ1) is 8.21. The summed E-state index contributed by atoms with van der Waals surface area (Å²) in [4.78, 5) is 22.7. The molecule has 5 nitrogen and oxygen atoms in total. The van der Waals surface area contributed by atoms with E-state index in [0.717, 1.165) is 0 Å². The van der Waals surface area contributed by atoms with Gasteiger partial charge in [-0.25, -0.2) is 4.79 Å². The molecule has 0 unspecified atom stereocenters. The number of carboxylic acid groups (broad SMARTS) is 1. The van der Waals surface area contributed by atoms with Crippen LogP contribution in [0.4, 0.5) is 5.69 Å². The van der Waals surface area contributed by atoms with E-state index in [-0.39, 0.29) is 16.9 Å². The van der Waals surface area contributed by atoms with Crippen LogP contribution in [-0.2, 0) is 4.79 Å². The summed E-state index contributed by atoms with van der Waals surface area (Å²) >= 11 is 0. The van der Waals surface area contributed by atoms with E-state index >= 15 is 0 Å². The van der Waals surface area contributed by atoms with Crippen LogP contribution in [0.1, 0.15) is 31.1 Å². The van der Waals surface area contributed by atoms with Crippen LogP contribution in [-0.4, -0.2) is 23.0 Å². The van der Waals surface area contributed by atoms with Gasteiger partial charge in [-0.1, -0.05) is 26.8 Å². The zero-order valence-electron chi connectivity index (χ0n) is 10.7. The average Bonchev–Trinajstić information content (AvgIpc) is 2.27. The van der Waals surface area contributed by atoms with Crippen molar-refractivity contribution >= 4 is 17.6 Å². The third-order valence-corrected chi connectivity index (χ3v) is 2.59. The summed E-state index contributed by atoms with van der Waals surface area (Å²) in [6.45, 7) is 5.60. The summed E-state index contributed by atoms with van der Waals surface area (Å²) < 4.78 is 0. The molecule has 1 aromatic rings. The molecule has 0 bridgehead atoms. The summed E-state index contributed by atoms with van der Waals surface area (Å²) in [7, 11) is 0. The number of hydrogen-bond acceptors (Lipinski definition) is 3. The van der Waals surface area contributed by atoms with Gasteiger partial charge in [0.2, 0.25) is 5.91 Å². The van der Waals surface area contributed by atoms with E-state index in [1.807, 2.05) is 20.8 Å². The van der Waals surface area contributed by atoms with Gasteiger partial charge in [-0.2, -0.15) is 0 Å². The Kier molecular flexibility index (Phi) is 4.08. The molecular weight excluding hydrogens is 232 g/mol. The van der Waals surface area contributed by atoms with Crippen molar-refractivity contribution in [1.29, 1.82) is 0 Å². The molecule has 0 heterocycles. The molecule has 0 aliphatic rings. The highest BCUT2D eigenvalue weighted by molar-refractivity contribution is 5.96. The largest absolute Gasteiger partial charge is 0.478 e. The Hall–Kier alpha value is -1.88. The SMILES string of the molecule is CC(C)(C)[C@@H](N)C(=O)Nc1cccc(C(=O)O)c1. The summed E-state index contributed by atoms with van der Waals surface area (Å²) in [5.74, 6) is -1.36. The number of rotatable bonds is 3. The van der Waals surface area contributed by atoms with Crippen molar-refractivity contribution in [3.8, 4) is 0 Å². The first-order valence-corrected chi connectivity index (χ1v) is 5.61. The van der Waals surface area contributed by atoms with Crippen molar-refractivity contribution < 1.29 is 14.7 Å². The monoisotopic (exact) mass is 250 g/mol. The molecule has 0 aliphatic heterocycles. The van der Waals surface area contributed by atoms with Crippen molar-refractivity contribution in [2.75, 3.05) is 5.32 Å². The van der Waals surface area contributed by atoms with Gasteiger partial charge in [-0.15, -0.1) is 0 Å². The smallest absolute Gasteiger partial charge is 0.335 e. The lowest BCUT2D eigenvalue weighted by Gasteiger charge is -2.25. The Labute approximate surface area is 106 Å². The summed E-state index contributed by atoms with van der Waals surface area (Å²) in [5.41, 5.74) is 6.01. The Balaban J connectivity index is 2.82. The number of carboxylic acids is 1. The number of nitrogens with one attached hydrogen (secondary N) is 1. The second-order valence-electron chi connectivity index (χ2n) is 5.22. The molecule has 5 heteroatoms. The van der Waals surface area contributed by atoms with E-state index in [0.29, 0.717) is 5.69 Å². The highest BCUT2D eigenvalue weighted by Crippen LogP contribution is 2.19. The normalized spacial score (nSPS) is 12.9. The van der Waals surface area contributed by atoms with Gasteiger partial charge in [0.25, 0.3) is 0 Å². The number of anilines is 1. The van der Waals surface area contributed by atoms with E-state index < -0.39 is 12.0 Å². The van der Waals surface area contributed by atoms with Gasteiger partial charge in [-0.3, -0.25) is 4.79 Å². The quantitative estimate of drug-likeness (QED) is 0.761.